The molecule has 1 unspecified atom stereocenters. The standard InChI is InChI=1S/C17H17ClO3/c1-11(9-14-7-8-15(19)10-16(14)18)12-3-5-13(6-4-12)17(20)21-2/h3-8,10-11,19H,9H2,1-2H3. The maximum atomic E-state index is 11.4. The predicted octanol–water partition coefficient (Wildman–Crippen LogP) is 4.18. The predicted molar refractivity (Wildman–Crippen MR) is 83.0 cm³/mol. The summed E-state index contributed by atoms with van der Waals surface area (Å²) in [6.45, 7) is 2.09. The number of carbonyl (C=O) groups excluding carboxylic acids is 1. The van der Waals surface area contributed by atoms with Gasteiger partial charge in [-0.05, 0) is 47.7 Å². The zero-order chi connectivity index (χ0) is 15.4. The molecule has 0 saturated carbocycles. The highest BCUT2D eigenvalue weighted by atomic mass is 35.5. The highest BCUT2D eigenvalue weighted by Gasteiger charge is 2.11. The average molecular weight is 305 g/mol. The fourth-order valence-corrected chi connectivity index (χ4v) is 2.47. The van der Waals surface area contributed by atoms with Crippen LogP contribution >= 0.6 is 11.6 Å². The van der Waals surface area contributed by atoms with Crippen molar-refractivity contribution >= 4 is 17.6 Å². The van der Waals surface area contributed by atoms with Crippen molar-refractivity contribution in [1.29, 1.82) is 0 Å². The summed E-state index contributed by atoms with van der Waals surface area (Å²) in [7, 11) is 1.37. The van der Waals surface area contributed by atoms with E-state index in [1.807, 2.05) is 18.2 Å². The smallest absolute Gasteiger partial charge is 0.337 e. The van der Waals surface area contributed by atoms with E-state index in [2.05, 4.69) is 11.7 Å². The van der Waals surface area contributed by atoms with E-state index in [9.17, 15) is 9.90 Å². The minimum atomic E-state index is -0.337. The molecule has 0 aromatic heterocycles. The van der Waals surface area contributed by atoms with E-state index in [0.29, 0.717) is 10.6 Å². The van der Waals surface area contributed by atoms with Gasteiger partial charge in [0.15, 0.2) is 0 Å². The second-order valence-corrected chi connectivity index (χ2v) is 5.40. The quantitative estimate of drug-likeness (QED) is 0.862. The molecule has 0 radical (unpaired) electrons. The molecule has 3 nitrogen and oxygen atoms in total. The maximum Gasteiger partial charge on any atom is 0.337 e. The molecule has 0 fully saturated rings. The number of halogens is 1. The fourth-order valence-electron chi connectivity index (χ4n) is 2.22. The van der Waals surface area contributed by atoms with Crippen LogP contribution in [0.25, 0.3) is 0 Å². The monoisotopic (exact) mass is 304 g/mol. The van der Waals surface area contributed by atoms with Crippen LogP contribution in [-0.2, 0) is 11.2 Å². The molecular formula is C17H17ClO3. The van der Waals surface area contributed by atoms with Crippen molar-refractivity contribution in [2.24, 2.45) is 0 Å². The van der Waals surface area contributed by atoms with Gasteiger partial charge in [-0.2, -0.15) is 0 Å². The number of aromatic hydroxyl groups is 1. The first kappa shape index (κ1) is 15.4. The number of hydrogen-bond acceptors (Lipinski definition) is 3. The SMILES string of the molecule is COC(=O)c1ccc(C(C)Cc2ccc(O)cc2Cl)cc1. The lowest BCUT2D eigenvalue weighted by atomic mass is 9.93. The van der Waals surface area contributed by atoms with Crippen LogP contribution in [0.15, 0.2) is 42.5 Å². The Kier molecular flexibility index (Phi) is 4.86. The van der Waals surface area contributed by atoms with Gasteiger partial charge in [0.05, 0.1) is 12.7 Å². The van der Waals surface area contributed by atoms with Crippen LogP contribution in [0.4, 0.5) is 0 Å². The summed E-state index contributed by atoms with van der Waals surface area (Å²) in [5.41, 5.74) is 2.64. The van der Waals surface area contributed by atoms with Crippen LogP contribution < -0.4 is 0 Å². The van der Waals surface area contributed by atoms with E-state index in [-0.39, 0.29) is 17.6 Å². The number of phenols is 1. The van der Waals surface area contributed by atoms with Gasteiger partial charge in [-0.3, -0.25) is 0 Å². The summed E-state index contributed by atoms with van der Waals surface area (Å²) < 4.78 is 4.68. The van der Waals surface area contributed by atoms with Gasteiger partial charge >= 0.3 is 5.97 Å². The molecule has 1 N–H and O–H groups in total. The highest BCUT2D eigenvalue weighted by Crippen LogP contribution is 2.27. The van der Waals surface area contributed by atoms with E-state index in [4.69, 9.17) is 11.6 Å². The third-order valence-electron chi connectivity index (χ3n) is 3.46. The van der Waals surface area contributed by atoms with Crippen molar-refractivity contribution in [3.05, 3.63) is 64.2 Å². The Morgan fingerprint density at radius 1 is 1.24 bits per heavy atom. The summed E-state index contributed by atoms with van der Waals surface area (Å²) in [6.07, 6.45) is 0.761. The Bertz CT molecular complexity index is 635. The van der Waals surface area contributed by atoms with E-state index in [1.165, 1.54) is 7.11 Å². The van der Waals surface area contributed by atoms with Crippen LogP contribution in [0.5, 0.6) is 5.75 Å². The maximum absolute atomic E-state index is 11.4. The molecule has 2 aromatic rings. The summed E-state index contributed by atoms with van der Waals surface area (Å²) >= 11 is 6.13. The Labute approximate surface area is 129 Å². The normalized spacial score (nSPS) is 12.0. The highest BCUT2D eigenvalue weighted by molar-refractivity contribution is 6.31. The average Bonchev–Trinajstić information content (AvgIpc) is 2.49. The molecule has 2 aromatic carbocycles. The largest absolute Gasteiger partial charge is 0.508 e. The van der Waals surface area contributed by atoms with Gasteiger partial charge in [-0.25, -0.2) is 4.79 Å². The minimum Gasteiger partial charge on any atom is -0.508 e. The summed E-state index contributed by atoms with van der Waals surface area (Å²) in [5.74, 6) is 0.0772. The van der Waals surface area contributed by atoms with Gasteiger partial charge in [0.1, 0.15) is 5.75 Å². The molecular weight excluding hydrogens is 288 g/mol. The van der Waals surface area contributed by atoms with Gasteiger partial charge in [0.25, 0.3) is 0 Å². The van der Waals surface area contributed by atoms with Gasteiger partial charge in [0.2, 0.25) is 0 Å². The van der Waals surface area contributed by atoms with Gasteiger partial charge < -0.3 is 9.84 Å². The van der Waals surface area contributed by atoms with Crippen LogP contribution in [0, 0.1) is 0 Å². The molecule has 1 atom stereocenters. The molecule has 0 saturated heterocycles. The number of esters is 1. The Hall–Kier alpha value is -2.00. The number of benzene rings is 2. The first-order valence-electron chi connectivity index (χ1n) is 6.67. The lowest BCUT2D eigenvalue weighted by Gasteiger charge is -2.13. The van der Waals surface area contributed by atoms with Crippen LogP contribution in [0.2, 0.25) is 5.02 Å². The van der Waals surface area contributed by atoms with Gasteiger partial charge in [-0.15, -0.1) is 0 Å². The van der Waals surface area contributed by atoms with Crippen molar-refractivity contribution in [2.75, 3.05) is 7.11 Å². The van der Waals surface area contributed by atoms with Crippen molar-refractivity contribution in [1.82, 2.24) is 0 Å². The molecule has 0 heterocycles. The molecule has 4 heteroatoms. The van der Waals surface area contributed by atoms with Crippen LogP contribution in [-0.4, -0.2) is 18.2 Å². The first-order chi connectivity index (χ1) is 10.0. The molecule has 0 bridgehead atoms. The second kappa shape index (κ2) is 6.64. The summed E-state index contributed by atoms with van der Waals surface area (Å²) in [4.78, 5) is 11.4. The van der Waals surface area contributed by atoms with Crippen molar-refractivity contribution in [3.63, 3.8) is 0 Å². The van der Waals surface area contributed by atoms with Gasteiger partial charge in [-0.1, -0.05) is 36.7 Å². The molecule has 110 valence electrons. The van der Waals surface area contributed by atoms with Crippen molar-refractivity contribution < 1.29 is 14.6 Å². The minimum absolute atomic E-state index is 0.166. The summed E-state index contributed by atoms with van der Waals surface area (Å²) in [6, 6.07) is 12.4. The Morgan fingerprint density at radius 2 is 1.90 bits per heavy atom. The Balaban J connectivity index is 2.13. The fraction of sp³-hybridized carbons (Fsp3) is 0.235. The van der Waals surface area contributed by atoms with Crippen LogP contribution in [0.1, 0.15) is 34.3 Å². The van der Waals surface area contributed by atoms with Crippen LogP contribution in [0.3, 0.4) is 0 Å². The number of phenolic OH excluding ortho intramolecular Hbond substituents is 1. The van der Waals surface area contributed by atoms with E-state index in [1.54, 1.807) is 24.3 Å². The number of ether oxygens (including phenoxy) is 1. The third-order valence-corrected chi connectivity index (χ3v) is 3.82. The number of methoxy groups -OCH3 is 1. The lowest BCUT2D eigenvalue weighted by molar-refractivity contribution is 0.0600. The lowest BCUT2D eigenvalue weighted by Crippen LogP contribution is -2.03. The molecule has 2 rings (SSSR count). The molecule has 0 aliphatic heterocycles. The van der Waals surface area contributed by atoms with Crippen molar-refractivity contribution in [3.8, 4) is 5.75 Å². The zero-order valence-electron chi connectivity index (χ0n) is 12.0. The molecule has 21 heavy (non-hydrogen) atoms. The number of rotatable bonds is 4. The topological polar surface area (TPSA) is 46.5 Å². The van der Waals surface area contributed by atoms with E-state index in [0.717, 1.165) is 17.5 Å². The molecule has 0 aliphatic carbocycles. The van der Waals surface area contributed by atoms with E-state index >= 15 is 0 Å². The number of carbonyl (C=O) groups is 1. The third kappa shape index (κ3) is 3.76. The Morgan fingerprint density at radius 3 is 2.48 bits per heavy atom. The van der Waals surface area contributed by atoms with Crippen molar-refractivity contribution in [2.45, 2.75) is 19.3 Å². The van der Waals surface area contributed by atoms with E-state index < -0.39 is 0 Å². The molecule has 0 aliphatic rings. The second-order valence-electron chi connectivity index (χ2n) is 4.99. The molecule has 0 amide bonds. The number of hydrogen-bond donors (Lipinski definition) is 1. The molecule has 0 spiro atoms. The summed E-state index contributed by atoms with van der Waals surface area (Å²) in [5, 5.41) is 9.93. The van der Waals surface area contributed by atoms with Gasteiger partial charge in [0, 0.05) is 5.02 Å². The zero-order valence-corrected chi connectivity index (χ0v) is 12.7. The first-order valence-corrected chi connectivity index (χ1v) is 7.04.